The molecule has 0 saturated carbocycles. The highest BCUT2D eigenvalue weighted by molar-refractivity contribution is 6.29. The maximum atomic E-state index is 11.4. The molecule has 80 valence electrons. The molecule has 0 spiro atoms. The molecule has 1 atom stereocenters. The quantitative estimate of drug-likeness (QED) is 0.508. The fraction of sp³-hybridized carbons (Fsp3) is 0.600. The van der Waals surface area contributed by atoms with E-state index in [1.54, 1.807) is 6.92 Å². The highest BCUT2D eigenvalue weighted by Crippen LogP contribution is 2.11. The van der Waals surface area contributed by atoms with Crippen molar-refractivity contribution in [1.82, 2.24) is 0 Å². The predicted octanol–water partition coefficient (Wildman–Crippen LogP) is 2.29. The van der Waals surface area contributed by atoms with Crippen LogP contribution in [-0.2, 0) is 14.3 Å². The van der Waals surface area contributed by atoms with Gasteiger partial charge in [0, 0.05) is 11.5 Å². The molecule has 0 fully saturated rings. The average Bonchev–Trinajstić information content (AvgIpc) is 2.13. The fourth-order valence-corrected chi connectivity index (χ4v) is 0.969. The second-order valence-corrected chi connectivity index (χ2v) is 3.49. The number of hydrogen-bond acceptors (Lipinski definition) is 3. The lowest BCUT2D eigenvalue weighted by Gasteiger charge is -2.08. The van der Waals surface area contributed by atoms with E-state index in [9.17, 15) is 9.59 Å². The smallest absolute Gasteiger partial charge is 0.316 e. The molecule has 0 amide bonds. The van der Waals surface area contributed by atoms with Crippen LogP contribution in [0.15, 0.2) is 11.6 Å². The molecular formula is C10H15ClO3. The molecule has 0 N–H and O–H groups in total. The number of Topliss-reactive ketones (excluding diaryl/α,β-unsaturated/α-hetero) is 1. The molecule has 0 aliphatic carbocycles. The van der Waals surface area contributed by atoms with Crippen LogP contribution in [0.1, 0.15) is 26.7 Å². The molecular weight excluding hydrogens is 204 g/mol. The van der Waals surface area contributed by atoms with E-state index in [0.29, 0.717) is 18.1 Å². The van der Waals surface area contributed by atoms with E-state index >= 15 is 0 Å². The van der Waals surface area contributed by atoms with Crippen molar-refractivity contribution in [3.8, 4) is 0 Å². The molecule has 3 nitrogen and oxygen atoms in total. The molecule has 0 saturated heterocycles. The summed E-state index contributed by atoms with van der Waals surface area (Å²) in [5, 5.41) is 0.425. The topological polar surface area (TPSA) is 43.4 Å². The number of esters is 1. The van der Waals surface area contributed by atoms with Crippen LogP contribution in [0.5, 0.6) is 0 Å². The standard InChI is InChI=1S/C10H15ClO3/c1-4-14-10(13)8(3)9(12)6-5-7(2)11/h8H,2,4-6H2,1,3H3. The van der Waals surface area contributed by atoms with Gasteiger partial charge in [0.25, 0.3) is 0 Å². The van der Waals surface area contributed by atoms with Crippen LogP contribution in [0, 0.1) is 5.92 Å². The van der Waals surface area contributed by atoms with E-state index in [4.69, 9.17) is 16.3 Å². The highest BCUT2D eigenvalue weighted by Gasteiger charge is 2.21. The maximum Gasteiger partial charge on any atom is 0.316 e. The third-order valence-electron chi connectivity index (χ3n) is 1.77. The SMILES string of the molecule is C=C(Cl)CCC(=O)C(C)C(=O)OCC. The first-order valence-corrected chi connectivity index (χ1v) is 4.89. The molecule has 0 aliphatic heterocycles. The zero-order chi connectivity index (χ0) is 11.1. The van der Waals surface area contributed by atoms with Gasteiger partial charge in [-0.05, 0) is 20.3 Å². The summed E-state index contributed by atoms with van der Waals surface area (Å²) >= 11 is 5.50. The number of hydrogen-bond donors (Lipinski definition) is 0. The zero-order valence-electron chi connectivity index (χ0n) is 8.51. The summed E-state index contributed by atoms with van der Waals surface area (Å²) in [7, 11) is 0. The summed E-state index contributed by atoms with van der Waals surface area (Å²) < 4.78 is 4.72. The Bertz CT molecular complexity index is 236. The first-order valence-electron chi connectivity index (χ1n) is 4.51. The van der Waals surface area contributed by atoms with Gasteiger partial charge in [-0.1, -0.05) is 18.2 Å². The van der Waals surface area contributed by atoms with Gasteiger partial charge in [0.2, 0.25) is 0 Å². The highest BCUT2D eigenvalue weighted by atomic mass is 35.5. The second kappa shape index (κ2) is 6.60. The monoisotopic (exact) mass is 218 g/mol. The number of halogens is 1. The van der Waals surface area contributed by atoms with Gasteiger partial charge in [-0.2, -0.15) is 0 Å². The fourth-order valence-electron chi connectivity index (χ4n) is 0.874. The summed E-state index contributed by atoms with van der Waals surface area (Å²) in [6.07, 6.45) is 0.645. The molecule has 14 heavy (non-hydrogen) atoms. The summed E-state index contributed by atoms with van der Waals surface area (Å²) in [4.78, 5) is 22.5. The number of rotatable bonds is 6. The number of ketones is 1. The Morgan fingerprint density at radius 2 is 2.00 bits per heavy atom. The van der Waals surface area contributed by atoms with E-state index in [1.165, 1.54) is 6.92 Å². The largest absolute Gasteiger partial charge is 0.465 e. The number of allylic oxidation sites excluding steroid dienone is 1. The van der Waals surface area contributed by atoms with Gasteiger partial charge < -0.3 is 4.74 Å². The van der Waals surface area contributed by atoms with Gasteiger partial charge in [0.05, 0.1) is 6.61 Å². The van der Waals surface area contributed by atoms with Crippen LogP contribution in [0.3, 0.4) is 0 Å². The molecule has 0 aromatic rings. The molecule has 1 unspecified atom stereocenters. The summed E-state index contributed by atoms with van der Waals surface area (Å²) in [5.74, 6) is -1.34. The average molecular weight is 219 g/mol. The van der Waals surface area contributed by atoms with Crippen molar-refractivity contribution in [2.45, 2.75) is 26.7 Å². The third-order valence-corrected chi connectivity index (χ3v) is 1.95. The first kappa shape index (κ1) is 13.2. The minimum atomic E-state index is -0.703. The van der Waals surface area contributed by atoms with Gasteiger partial charge in [0.15, 0.2) is 0 Å². The van der Waals surface area contributed by atoms with Crippen molar-refractivity contribution in [2.75, 3.05) is 6.61 Å². The minimum Gasteiger partial charge on any atom is -0.465 e. The summed E-state index contributed by atoms with van der Waals surface area (Å²) in [5.41, 5.74) is 0. The number of carbonyl (C=O) groups is 2. The van der Waals surface area contributed by atoms with Crippen molar-refractivity contribution in [3.63, 3.8) is 0 Å². The Hall–Kier alpha value is -0.830. The van der Waals surface area contributed by atoms with Crippen LogP contribution in [-0.4, -0.2) is 18.4 Å². The number of ether oxygens (including phenoxy) is 1. The van der Waals surface area contributed by atoms with Crippen molar-refractivity contribution >= 4 is 23.4 Å². The summed E-state index contributed by atoms with van der Waals surface area (Å²) in [6.45, 7) is 7.00. The van der Waals surface area contributed by atoms with Crippen molar-refractivity contribution in [3.05, 3.63) is 11.6 Å². The molecule has 0 aromatic carbocycles. The molecule has 0 rings (SSSR count). The van der Waals surface area contributed by atoms with Gasteiger partial charge in [-0.15, -0.1) is 0 Å². The maximum absolute atomic E-state index is 11.4. The molecule has 0 radical (unpaired) electrons. The number of carbonyl (C=O) groups excluding carboxylic acids is 2. The molecule has 0 aromatic heterocycles. The normalized spacial score (nSPS) is 11.9. The predicted molar refractivity (Wildman–Crippen MR) is 55.0 cm³/mol. The second-order valence-electron chi connectivity index (χ2n) is 2.96. The lowest BCUT2D eigenvalue weighted by atomic mass is 10.0. The van der Waals surface area contributed by atoms with Gasteiger partial charge >= 0.3 is 5.97 Å². The van der Waals surface area contributed by atoms with Crippen LogP contribution < -0.4 is 0 Å². The Kier molecular flexibility index (Phi) is 6.21. The van der Waals surface area contributed by atoms with Crippen LogP contribution in [0.25, 0.3) is 0 Å². The zero-order valence-corrected chi connectivity index (χ0v) is 9.26. The molecule has 0 bridgehead atoms. The van der Waals surface area contributed by atoms with E-state index in [0.717, 1.165) is 0 Å². The molecule has 0 aliphatic rings. The molecule has 4 heteroatoms. The van der Waals surface area contributed by atoms with Crippen LogP contribution in [0.2, 0.25) is 0 Å². The Morgan fingerprint density at radius 1 is 1.43 bits per heavy atom. The Balaban J connectivity index is 3.98. The van der Waals surface area contributed by atoms with E-state index in [1.807, 2.05) is 0 Å². The van der Waals surface area contributed by atoms with E-state index < -0.39 is 11.9 Å². The Labute approximate surface area is 89.1 Å². The van der Waals surface area contributed by atoms with Crippen molar-refractivity contribution in [1.29, 1.82) is 0 Å². The van der Waals surface area contributed by atoms with Gasteiger partial charge in [-0.3, -0.25) is 9.59 Å². The van der Waals surface area contributed by atoms with Gasteiger partial charge in [-0.25, -0.2) is 0 Å². The summed E-state index contributed by atoms with van der Waals surface area (Å²) in [6, 6.07) is 0. The third kappa shape index (κ3) is 5.02. The van der Waals surface area contributed by atoms with Crippen LogP contribution in [0.4, 0.5) is 0 Å². The van der Waals surface area contributed by atoms with E-state index in [2.05, 4.69) is 6.58 Å². The lowest BCUT2D eigenvalue weighted by molar-refractivity contribution is -0.150. The minimum absolute atomic E-state index is 0.162. The van der Waals surface area contributed by atoms with Crippen molar-refractivity contribution in [2.24, 2.45) is 5.92 Å². The Morgan fingerprint density at radius 3 is 2.43 bits per heavy atom. The van der Waals surface area contributed by atoms with E-state index in [-0.39, 0.29) is 12.2 Å². The lowest BCUT2D eigenvalue weighted by Crippen LogP contribution is -2.23. The first-order chi connectivity index (χ1) is 6.49. The van der Waals surface area contributed by atoms with Gasteiger partial charge in [0.1, 0.15) is 11.7 Å². The van der Waals surface area contributed by atoms with Crippen molar-refractivity contribution < 1.29 is 14.3 Å². The molecule has 0 heterocycles. The van der Waals surface area contributed by atoms with Crippen LogP contribution >= 0.6 is 11.6 Å².